The van der Waals surface area contributed by atoms with Crippen molar-refractivity contribution in [1.29, 1.82) is 0 Å². The van der Waals surface area contributed by atoms with Crippen LogP contribution in [-0.4, -0.2) is 51.7 Å². The second kappa shape index (κ2) is 4.27. The summed E-state index contributed by atoms with van der Waals surface area (Å²) < 4.78 is 5.99. The SMILES string of the molecule is O=C1C=C[C@@]2(O)C3Cc4ccc(O)c5c4[C@@]2(CCN3CC2CC2)[C@H]1O5. The Hall–Kier alpha value is -1.85. The number of carbonyl (C=O) groups is 1. The molecule has 1 unspecified atom stereocenters. The van der Waals surface area contributed by atoms with Crippen LogP contribution in [0.2, 0.25) is 0 Å². The Morgan fingerprint density at radius 1 is 1.32 bits per heavy atom. The molecule has 1 spiro atoms. The van der Waals surface area contributed by atoms with Gasteiger partial charge in [0, 0.05) is 18.2 Å². The summed E-state index contributed by atoms with van der Waals surface area (Å²) in [4.78, 5) is 15.0. The van der Waals surface area contributed by atoms with E-state index in [1.54, 1.807) is 12.1 Å². The first-order valence-corrected chi connectivity index (χ1v) is 9.26. The van der Waals surface area contributed by atoms with E-state index in [1.165, 1.54) is 18.9 Å². The Balaban J connectivity index is 1.60. The van der Waals surface area contributed by atoms with E-state index >= 15 is 0 Å². The molecule has 2 bridgehead atoms. The van der Waals surface area contributed by atoms with Crippen molar-refractivity contribution in [3.8, 4) is 11.5 Å². The number of ether oxygens (including phenoxy) is 1. The van der Waals surface area contributed by atoms with Crippen molar-refractivity contribution in [2.24, 2.45) is 5.92 Å². The third-order valence-electron chi connectivity index (χ3n) is 7.17. The highest BCUT2D eigenvalue weighted by Gasteiger charge is 2.72. The van der Waals surface area contributed by atoms with Crippen LogP contribution < -0.4 is 4.74 Å². The zero-order valence-electron chi connectivity index (χ0n) is 13.9. The standard InChI is InChI=1S/C20H21NO4/c22-13-4-3-12-9-15-20(24)6-5-14(23)18-19(20,16(12)17(13)25-18)7-8-21(15)10-11-1-2-11/h3-6,11,15,18,22,24H,1-2,7-10H2/t15?,18-,19-,20+/m0/s1. The summed E-state index contributed by atoms with van der Waals surface area (Å²) in [6, 6.07) is 3.56. The van der Waals surface area contributed by atoms with Crippen LogP contribution in [0.5, 0.6) is 11.5 Å². The number of phenols is 1. The summed E-state index contributed by atoms with van der Waals surface area (Å²) in [5.41, 5.74) is 0.101. The highest BCUT2D eigenvalue weighted by molar-refractivity contribution is 5.99. The van der Waals surface area contributed by atoms with Gasteiger partial charge in [-0.2, -0.15) is 0 Å². The molecule has 0 amide bonds. The second-order valence-corrected chi connectivity index (χ2v) is 8.39. The van der Waals surface area contributed by atoms with Gasteiger partial charge in [0.25, 0.3) is 0 Å². The average molecular weight is 339 g/mol. The maximum Gasteiger partial charge on any atom is 0.196 e. The van der Waals surface area contributed by atoms with Gasteiger partial charge in [-0.15, -0.1) is 0 Å². The van der Waals surface area contributed by atoms with Gasteiger partial charge in [-0.05, 0) is 61.9 Å². The van der Waals surface area contributed by atoms with Crippen LogP contribution in [0.1, 0.15) is 30.4 Å². The van der Waals surface area contributed by atoms with E-state index in [0.29, 0.717) is 12.2 Å². The van der Waals surface area contributed by atoms with Gasteiger partial charge in [0.1, 0.15) is 5.60 Å². The van der Waals surface area contributed by atoms with Crippen LogP contribution >= 0.6 is 0 Å². The number of phenolic OH excluding ortho intramolecular Hbond substituents is 1. The number of hydrogen-bond donors (Lipinski definition) is 2. The number of ketones is 1. The van der Waals surface area contributed by atoms with E-state index < -0.39 is 17.1 Å². The van der Waals surface area contributed by atoms with Crippen LogP contribution in [0, 0.1) is 5.92 Å². The van der Waals surface area contributed by atoms with Crippen molar-refractivity contribution in [2.45, 2.75) is 48.8 Å². The molecule has 5 nitrogen and oxygen atoms in total. The number of piperidine rings is 1. The second-order valence-electron chi connectivity index (χ2n) is 8.39. The molecule has 3 aliphatic carbocycles. The highest BCUT2D eigenvalue weighted by atomic mass is 16.5. The van der Waals surface area contributed by atoms with Gasteiger partial charge in [-0.25, -0.2) is 0 Å². The van der Waals surface area contributed by atoms with Crippen molar-refractivity contribution in [1.82, 2.24) is 4.90 Å². The molecule has 2 N–H and O–H groups in total. The molecule has 4 atom stereocenters. The number of likely N-dealkylation sites (tertiary alicyclic amines) is 1. The lowest BCUT2D eigenvalue weighted by molar-refractivity contribution is -0.155. The molecule has 25 heavy (non-hydrogen) atoms. The third-order valence-corrected chi connectivity index (χ3v) is 7.17. The molecular weight excluding hydrogens is 318 g/mol. The number of nitrogens with zero attached hydrogens (tertiary/aromatic N) is 1. The Morgan fingerprint density at radius 3 is 2.96 bits per heavy atom. The molecular formula is C20H21NO4. The van der Waals surface area contributed by atoms with E-state index in [2.05, 4.69) is 4.90 Å². The minimum Gasteiger partial charge on any atom is -0.504 e. The minimum absolute atomic E-state index is 0.0414. The van der Waals surface area contributed by atoms with E-state index in [0.717, 1.165) is 36.6 Å². The fourth-order valence-electron chi connectivity index (χ4n) is 5.86. The first-order valence-electron chi connectivity index (χ1n) is 9.26. The molecule has 1 saturated heterocycles. The predicted molar refractivity (Wildman–Crippen MR) is 89.7 cm³/mol. The summed E-state index contributed by atoms with van der Waals surface area (Å²) in [5.74, 6) is 1.12. The number of rotatable bonds is 2. The zero-order valence-corrected chi connectivity index (χ0v) is 13.9. The summed E-state index contributed by atoms with van der Waals surface area (Å²) in [6.45, 7) is 1.88. The fraction of sp³-hybridized carbons (Fsp3) is 0.550. The van der Waals surface area contributed by atoms with Crippen LogP contribution in [0.3, 0.4) is 0 Å². The average Bonchev–Trinajstić information content (AvgIpc) is 3.32. The van der Waals surface area contributed by atoms with Crippen LogP contribution in [-0.2, 0) is 16.6 Å². The van der Waals surface area contributed by atoms with E-state index in [9.17, 15) is 15.0 Å². The van der Waals surface area contributed by atoms with Gasteiger partial charge >= 0.3 is 0 Å². The molecule has 6 rings (SSSR count). The van der Waals surface area contributed by atoms with Gasteiger partial charge in [0.2, 0.25) is 0 Å². The van der Waals surface area contributed by atoms with Crippen molar-refractivity contribution >= 4 is 5.78 Å². The number of carbonyl (C=O) groups excluding carboxylic acids is 1. The molecule has 130 valence electrons. The Bertz CT molecular complexity index is 844. The monoisotopic (exact) mass is 339 g/mol. The lowest BCUT2D eigenvalue weighted by atomic mass is 9.51. The van der Waals surface area contributed by atoms with E-state index in [4.69, 9.17) is 4.74 Å². The summed E-state index contributed by atoms with van der Waals surface area (Å²) in [7, 11) is 0. The first-order chi connectivity index (χ1) is 12.0. The summed E-state index contributed by atoms with van der Waals surface area (Å²) in [6.07, 6.45) is 6.45. The fourth-order valence-corrected chi connectivity index (χ4v) is 5.86. The Labute approximate surface area is 145 Å². The molecule has 0 aromatic heterocycles. The molecule has 5 heteroatoms. The third kappa shape index (κ3) is 1.51. The number of hydrogen-bond acceptors (Lipinski definition) is 5. The molecule has 5 aliphatic rings. The number of aromatic hydroxyl groups is 1. The zero-order chi connectivity index (χ0) is 17.0. The Morgan fingerprint density at radius 2 is 2.16 bits per heavy atom. The molecule has 2 heterocycles. The van der Waals surface area contributed by atoms with Gasteiger partial charge in [-0.1, -0.05) is 6.07 Å². The van der Waals surface area contributed by atoms with Gasteiger partial charge < -0.3 is 14.9 Å². The lowest BCUT2D eigenvalue weighted by Gasteiger charge is -2.60. The van der Waals surface area contributed by atoms with Crippen molar-refractivity contribution in [3.05, 3.63) is 35.4 Å². The summed E-state index contributed by atoms with van der Waals surface area (Å²) >= 11 is 0. The van der Waals surface area contributed by atoms with E-state index in [1.807, 2.05) is 6.07 Å². The highest BCUT2D eigenvalue weighted by Crippen LogP contribution is 2.63. The maximum atomic E-state index is 12.6. The van der Waals surface area contributed by atoms with Crippen LogP contribution in [0.25, 0.3) is 0 Å². The molecule has 2 fully saturated rings. The van der Waals surface area contributed by atoms with Crippen molar-refractivity contribution in [3.63, 3.8) is 0 Å². The quantitative estimate of drug-likeness (QED) is 0.850. The molecule has 1 aromatic carbocycles. The van der Waals surface area contributed by atoms with Crippen LogP contribution in [0.4, 0.5) is 0 Å². The predicted octanol–water partition coefficient (Wildman–Crippen LogP) is 1.30. The van der Waals surface area contributed by atoms with Gasteiger partial charge in [0.05, 0.1) is 5.41 Å². The maximum absolute atomic E-state index is 12.6. The molecule has 1 aromatic rings. The topological polar surface area (TPSA) is 70.0 Å². The molecule has 1 saturated carbocycles. The lowest BCUT2D eigenvalue weighted by Crippen LogP contribution is -2.75. The minimum atomic E-state index is -1.12. The number of aliphatic hydroxyl groups is 1. The normalized spacial score (nSPS) is 40.8. The van der Waals surface area contributed by atoms with Gasteiger partial charge in [-0.3, -0.25) is 9.69 Å². The van der Waals surface area contributed by atoms with Crippen LogP contribution in [0.15, 0.2) is 24.3 Å². The number of benzene rings is 1. The largest absolute Gasteiger partial charge is 0.504 e. The smallest absolute Gasteiger partial charge is 0.196 e. The summed E-state index contributed by atoms with van der Waals surface area (Å²) in [5, 5.41) is 22.2. The van der Waals surface area contributed by atoms with Gasteiger partial charge in [0.15, 0.2) is 23.4 Å². The molecule has 0 radical (unpaired) electrons. The Kier molecular flexibility index (Phi) is 2.45. The van der Waals surface area contributed by atoms with Crippen molar-refractivity contribution in [2.75, 3.05) is 13.1 Å². The molecule has 2 aliphatic heterocycles. The van der Waals surface area contributed by atoms with Crippen molar-refractivity contribution < 1.29 is 19.7 Å². The van der Waals surface area contributed by atoms with E-state index in [-0.39, 0.29) is 17.6 Å². The first kappa shape index (κ1) is 14.3.